The molecule has 130 valence electrons. The van der Waals surface area contributed by atoms with Crippen LogP contribution in [0.2, 0.25) is 0 Å². The molecule has 2 atom stereocenters. The standard InChI is InChI=1S/C18H18F2N4O/c1-12(13-5-7-14(8-6-13)24-10-9-22-23-24)21-11-17(25)18-15(19)3-2-4-16(18)20/h2-10,12,17,21,25H,11H2,1H3. The summed E-state index contributed by atoms with van der Waals surface area (Å²) in [5.41, 5.74) is 1.54. The second-order valence-corrected chi connectivity index (χ2v) is 5.72. The molecule has 0 fully saturated rings. The molecule has 1 heterocycles. The minimum absolute atomic E-state index is 0.0316. The highest BCUT2D eigenvalue weighted by atomic mass is 19.1. The molecule has 0 radical (unpaired) electrons. The molecule has 3 rings (SSSR count). The molecular weight excluding hydrogens is 326 g/mol. The number of hydrogen-bond donors (Lipinski definition) is 2. The summed E-state index contributed by atoms with van der Waals surface area (Å²) >= 11 is 0. The monoisotopic (exact) mass is 344 g/mol. The highest BCUT2D eigenvalue weighted by molar-refractivity contribution is 5.34. The number of aromatic nitrogens is 3. The number of rotatable bonds is 6. The second kappa shape index (κ2) is 7.50. The van der Waals surface area contributed by atoms with E-state index in [2.05, 4.69) is 15.6 Å². The zero-order valence-corrected chi connectivity index (χ0v) is 13.6. The van der Waals surface area contributed by atoms with Gasteiger partial charge in [-0.3, -0.25) is 0 Å². The first kappa shape index (κ1) is 17.2. The normalized spacial score (nSPS) is 13.6. The highest BCUT2D eigenvalue weighted by Crippen LogP contribution is 2.21. The van der Waals surface area contributed by atoms with Gasteiger partial charge in [-0.25, -0.2) is 13.5 Å². The predicted molar refractivity (Wildman–Crippen MR) is 89.1 cm³/mol. The molecule has 0 saturated heterocycles. The van der Waals surface area contributed by atoms with E-state index in [4.69, 9.17) is 0 Å². The maximum absolute atomic E-state index is 13.7. The van der Waals surface area contributed by atoms with Gasteiger partial charge < -0.3 is 10.4 Å². The number of halogens is 2. The minimum atomic E-state index is -1.27. The third kappa shape index (κ3) is 3.89. The summed E-state index contributed by atoms with van der Waals surface area (Å²) in [6.45, 7) is 1.94. The zero-order valence-electron chi connectivity index (χ0n) is 13.6. The molecule has 0 amide bonds. The average molecular weight is 344 g/mol. The van der Waals surface area contributed by atoms with Crippen LogP contribution in [0.4, 0.5) is 8.78 Å². The Labute approximate surface area is 143 Å². The molecule has 3 aromatic rings. The Balaban J connectivity index is 1.63. The molecule has 1 aromatic heterocycles. The van der Waals surface area contributed by atoms with Crippen molar-refractivity contribution in [2.75, 3.05) is 6.54 Å². The molecule has 0 saturated carbocycles. The van der Waals surface area contributed by atoms with Gasteiger partial charge in [0.15, 0.2) is 0 Å². The topological polar surface area (TPSA) is 63.0 Å². The van der Waals surface area contributed by atoms with Crippen LogP contribution in [0.3, 0.4) is 0 Å². The van der Waals surface area contributed by atoms with Crippen LogP contribution < -0.4 is 5.32 Å². The third-order valence-corrected chi connectivity index (χ3v) is 4.03. The number of hydrogen-bond acceptors (Lipinski definition) is 4. The number of nitrogens with zero attached hydrogens (tertiary/aromatic N) is 3. The minimum Gasteiger partial charge on any atom is -0.387 e. The van der Waals surface area contributed by atoms with Crippen molar-refractivity contribution in [2.24, 2.45) is 0 Å². The van der Waals surface area contributed by atoms with Crippen LogP contribution in [-0.4, -0.2) is 26.6 Å². The van der Waals surface area contributed by atoms with E-state index < -0.39 is 17.7 Å². The first-order chi connectivity index (χ1) is 12.1. The largest absolute Gasteiger partial charge is 0.387 e. The van der Waals surface area contributed by atoms with Crippen molar-refractivity contribution >= 4 is 0 Å². The first-order valence-electron chi connectivity index (χ1n) is 7.88. The maximum atomic E-state index is 13.7. The van der Waals surface area contributed by atoms with Gasteiger partial charge in [0.05, 0.1) is 29.7 Å². The van der Waals surface area contributed by atoms with Gasteiger partial charge in [-0.05, 0) is 36.8 Å². The lowest BCUT2D eigenvalue weighted by Gasteiger charge is -2.18. The fraction of sp³-hybridized carbons (Fsp3) is 0.222. The van der Waals surface area contributed by atoms with E-state index >= 15 is 0 Å². The Morgan fingerprint density at radius 1 is 1.12 bits per heavy atom. The highest BCUT2D eigenvalue weighted by Gasteiger charge is 2.18. The number of nitrogens with one attached hydrogen (secondary N) is 1. The summed E-state index contributed by atoms with van der Waals surface area (Å²) in [6.07, 6.45) is 2.08. The third-order valence-electron chi connectivity index (χ3n) is 4.03. The zero-order chi connectivity index (χ0) is 17.8. The van der Waals surface area contributed by atoms with E-state index in [1.54, 1.807) is 17.1 Å². The first-order valence-corrected chi connectivity index (χ1v) is 7.88. The second-order valence-electron chi connectivity index (χ2n) is 5.72. The van der Waals surface area contributed by atoms with Crippen molar-refractivity contribution in [2.45, 2.75) is 19.1 Å². The molecule has 2 N–H and O–H groups in total. The quantitative estimate of drug-likeness (QED) is 0.722. The molecule has 5 nitrogen and oxygen atoms in total. The molecule has 2 unspecified atom stereocenters. The fourth-order valence-electron chi connectivity index (χ4n) is 2.60. The smallest absolute Gasteiger partial charge is 0.131 e. The molecule has 7 heteroatoms. The van der Waals surface area contributed by atoms with Crippen LogP contribution in [0, 0.1) is 11.6 Å². The van der Waals surface area contributed by atoms with Gasteiger partial charge in [-0.1, -0.05) is 23.4 Å². The van der Waals surface area contributed by atoms with E-state index in [9.17, 15) is 13.9 Å². The van der Waals surface area contributed by atoms with Crippen LogP contribution in [0.15, 0.2) is 54.9 Å². The van der Waals surface area contributed by atoms with Crippen LogP contribution in [0.25, 0.3) is 5.69 Å². The van der Waals surface area contributed by atoms with Gasteiger partial charge in [0.1, 0.15) is 11.6 Å². The van der Waals surface area contributed by atoms with Crippen LogP contribution in [-0.2, 0) is 0 Å². The SMILES string of the molecule is CC(NCC(O)c1c(F)cccc1F)c1ccc(-n2ccnn2)cc1. The van der Waals surface area contributed by atoms with Crippen molar-refractivity contribution in [1.82, 2.24) is 20.3 Å². The lowest BCUT2D eigenvalue weighted by molar-refractivity contribution is 0.161. The molecule has 2 aromatic carbocycles. The maximum Gasteiger partial charge on any atom is 0.131 e. The summed E-state index contributed by atoms with van der Waals surface area (Å²) < 4.78 is 29.0. The van der Waals surface area contributed by atoms with Crippen molar-refractivity contribution in [3.05, 3.63) is 77.6 Å². The van der Waals surface area contributed by atoms with Gasteiger partial charge in [0.25, 0.3) is 0 Å². The summed E-state index contributed by atoms with van der Waals surface area (Å²) in [5, 5.41) is 20.9. The molecule has 0 aliphatic heterocycles. The number of aliphatic hydroxyl groups excluding tert-OH is 1. The predicted octanol–water partition coefficient (Wildman–Crippen LogP) is 2.93. The van der Waals surface area contributed by atoms with Crippen molar-refractivity contribution < 1.29 is 13.9 Å². The van der Waals surface area contributed by atoms with Crippen molar-refractivity contribution in [3.8, 4) is 5.69 Å². The number of aliphatic hydroxyl groups is 1. The van der Waals surface area contributed by atoms with Gasteiger partial charge in [0, 0.05) is 12.6 Å². The Morgan fingerprint density at radius 3 is 2.40 bits per heavy atom. The van der Waals surface area contributed by atoms with Crippen LogP contribution >= 0.6 is 0 Å². The van der Waals surface area contributed by atoms with Gasteiger partial charge >= 0.3 is 0 Å². The van der Waals surface area contributed by atoms with Gasteiger partial charge in [-0.15, -0.1) is 5.10 Å². The lowest BCUT2D eigenvalue weighted by atomic mass is 10.1. The summed E-state index contributed by atoms with van der Waals surface area (Å²) in [5.74, 6) is -1.50. The molecule has 0 aliphatic carbocycles. The van der Waals surface area contributed by atoms with Gasteiger partial charge in [-0.2, -0.15) is 0 Å². The fourth-order valence-corrected chi connectivity index (χ4v) is 2.60. The van der Waals surface area contributed by atoms with E-state index in [1.165, 1.54) is 6.07 Å². The van der Waals surface area contributed by atoms with Crippen LogP contribution in [0.1, 0.15) is 30.2 Å². The van der Waals surface area contributed by atoms with Crippen molar-refractivity contribution in [1.29, 1.82) is 0 Å². The molecule has 0 bridgehead atoms. The van der Waals surface area contributed by atoms with Crippen LogP contribution in [0.5, 0.6) is 0 Å². The average Bonchev–Trinajstić information content (AvgIpc) is 3.14. The van der Waals surface area contributed by atoms with E-state index in [0.29, 0.717) is 0 Å². The molecular formula is C18H18F2N4O. The molecule has 25 heavy (non-hydrogen) atoms. The Morgan fingerprint density at radius 2 is 1.80 bits per heavy atom. The summed E-state index contributed by atoms with van der Waals surface area (Å²) in [4.78, 5) is 0. The van der Waals surface area contributed by atoms with E-state index in [0.717, 1.165) is 23.4 Å². The Kier molecular flexibility index (Phi) is 5.16. The Bertz CT molecular complexity index is 801. The lowest BCUT2D eigenvalue weighted by Crippen LogP contribution is -2.25. The molecule has 0 spiro atoms. The van der Waals surface area contributed by atoms with Crippen molar-refractivity contribution in [3.63, 3.8) is 0 Å². The summed E-state index contributed by atoms with van der Waals surface area (Å²) in [7, 11) is 0. The van der Waals surface area contributed by atoms with Gasteiger partial charge in [0.2, 0.25) is 0 Å². The molecule has 0 aliphatic rings. The number of benzene rings is 2. The Hall–Kier alpha value is -2.64. The summed E-state index contributed by atoms with van der Waals surface area (Å²) in [6, 6.07) is 11.1. The van der Waals surface area contributed by atoms with E-state index in [-0.39, 0.29) is 18.2 Å². The van der Waals surface area contributed by atoms with E-state index in [1.807, 2.05) is 31.2 Å².